The molecule has 0 saturated heterocycles. The third-order valence-electron chi connectivity index (χ3n) is 6.66. The van der Waals surface area contributed by atoms with Crippen LogP contribution < -0.4 is 20.9 Å². The molecule has 2 N–H and O–H groups in total. The lowest BCUT2D eigenvalue weighted by molar-refractivity contribution is -0.118. The Kier molecular flexibility index (Phi) is 6.20. The third kappa shape index (κ3) is 4.55. The molecule has 1 aliphatic heterocycles. The number of H-pyrrole nitrogens is 1. The molecule has 9 nitrogen and oxygen atoms in total. The first-order valence-electron chi connectivity index (χ1n) is 11.9. The maximum absolute atomic E-state index is 13.1. The maximum Gasteiger partial charge on any atom is 0.328 e. The van der Waals surface area contributed by atoms with Crippen molar-refractivity contribution >= 4 is 38.2 Å². The second kappa shape index (κ2) is 9.36. The number of amides is 1. The molecule has 1 aliphatic rings. The Morgan fingerprint density at radius 1 is 1.00 bits per heavy atom. The quantitative estimate of drug-likeness (QED) is 0.406. The number of aryl methyl sites for hydroxylation is 3. The number of aromatic amines is 1. The van der Waals surface area contributed by atoms with Gasteiger partial charge in [-0.3, -0.25) is 23.9 Å². The number of anilines is 2. The Bertz CT molecular complexity index is 1750. The molecule has 0 atom stereocenters. The molecule has 0 spiro atoms. The average molecular weight is 519 g/mol. The Morgan fingerprint density at radius 3 is 2.49 bits per heavy atom. The molecule has 4 aromatic rings. The van der Waals surface area contributed by atoms with E-state index in [1.165, 1.54) is 4.57 Å². The monoisotopic (exact) mass is 518 g/mol. The molecule has 3 aromatic carbocycles. The molecule has 0 saturated carbocycles. The van der Waals surface area contributed by atoms with E-state index < -0.39 is 21.3 Å². The molecular weight excluding hydrogens is 492 g/mol. The van der Waals surface area contributed by atoms with Crippen molar-refractivity contribution in [3.8, 4) is 0 Å². The number of fused-ring (bicyclic) bond motifs is 2. The van der Waals surface area contributed by atoms with E-state index in [1.54, 1.807) is 73.3 Å². The number of hydrogen-bond acceptors (Lipinski definition) is 5. The lowest BCUT2D eigenvalue weighted by Gasteiger charge is -2.19. The van der Waals surface area contributed by atoms with E-state index in [9.17, 15) is 22.8 Å². The van der Waals surface area contributed by atoms with E-state index in [1.807, 2.05) is 6.07 Å². The van der Waals surface area contributed by atoms with Crippen molar-refractivity contribution in [2.45, 2.75) is 38.1 Å². The number of carbonyl (C=O) groups excluding carboxylic acids is 1. The number of hydrogen-bond donors (Lipinski definition) is 2. The smallest absolute Gasteiger partial charge is 0.312 e. The zero-order valence-electron chi connectivity index (χ0n) is 20.4. The van der Waals surface area contributed by atoms with Crippen LogP contribution in [0.15, 0.2) is 75.1 Å². The molecule has 0 radical (unpaired) electrons. The second-order valence-electron chi connectivity index (χ2n) is 9.14. The number of para-hydroxylation sites is 1. The van der Waals surface area contributed by atoms with Crippen molar-refractivity contribution in [3.63, 3.8) is 0 Å². The number of rotatable bonds is 6. The van der Waals surface area contributed by atoms with Gasteiger partial charge in [-0.2, -0.15) is 0 Å². The fourth-order valence-electron chi connectivity index (χ4n) is 4.96. The number of benzene rings is 3. The minimum Gasteiger partial charge on any atom is -0.312 e. The molecule has 0 unspecified atom stereocenters. The van der Waals surface area contributed by atoms with Gasteiger partial charge in [0.15, 0.2) is 0 Å². The van der Waals surface area contributed by atoms with E-state index in [0.29, 0.717) is 40.7 Å². The molecule has 0 fully saturated rings. The highest BCUT2D eigenvalue weighted by Crippen LogP contribution is 2.32. The fourth-order valence-corrected chi connectivity index (χ4v) is 6.48. The van der Waals surface area contributed by atoms with Gasteiger partial charge in [-0.1, -0.05) is 30.3 Å². The lowest BCUT2D eigenvalue weighted by Crippen LogP contribution is -2.34. The number of aromatic nitrogens is 2. The first-order chi connectivity index (χ1) is 17.7. The summed E-state index contributed by atoms with van der Waals surface area (Å²) >= 11 is 0. The van der Waals surface area contributed by atoms with Crippen molar-refractivity contribution < 1.29 is 13.2 Å². The fraction of sp³-hybridized carbons (Fsp3) is 0.222. The van der Waals surface area contributed by atoms with Gasteiger partial charge in [-0.25, -0.2) is 13.2 Å². The summed E-state index contributed by atoms with van der Waals surface area (Å²) in [6, 6.07) is 17.3. The van der Waals surface area contributed by atoms with Gasteiger partial charge in [0, 0.05) is 30.9 Å². The van der Waals surface area contributed by atoms with Crippen LogP contribution in [0, 0.1) is 13.8 Å². The van der Waals surface area contributed by atoms with E-state index in [4.69, 9.17) is 0 Å². The Labute approximate surface area is 213 Å². The molecule has 5 rings (SSSR count). The maximum atomic E-state index is 13.1. The number of nitrogens with zero attached hydrogens (tertiary/aromatic N) is 2. The van der Waals surface area contributed by atoms with Crippen LogP contribution in [0.4, 0.5) is 11.4 Å². The number of carbonyl (C=O) groups is 1. The van der Waals surface area contributed by atoms with Gasteiger partial charge in [0.25, 0.3) is 15.6 Å². The van der Waals surface area contributed by atoms with E-state index in [2.05, 4.69) is 9.71 Å². The van der Waals surface area contributed by atoms with Crippen LogP contribution in [0.5, 0.6) is 0 Å². The van der Waals surface area contributed by atoms with Gasteiger partial charge < -0.3 is 4.90 Å². The summed E-state index contributed by atoms with van der Waals surface area (Å²) in [4.78, 5) is 41.8. The molecular formula is C27H26N4O5S. The van der Waals surface area contributed by atoms with Crippen molar-refractivity contribution in [2.24, 2.45) is 0 Å². The predicted octanol–water partition coefficient (Wildman–Crippen LogP) is 3.09. The minimum atomic E-state index is -3.77. The van der Waals surface area contributed by atoms with Crippen LogP contribution in [0.1, 0.15) is 23.1 Å². The first kappa shape index (κ1) is 24.5. The summed E-state index contributed by atoms with van der Waals surface area (Å²) < 4.78 is 30.2. The Morgan fingerprint density at radius 2 is 1.73 bits per heavy atom. The highest BCUT2D eigenvalue weighted by Gasteiger charge is 2.26. The van der Waals surface area contributed by atoms with Crippen LogP contribution in [-0.2, 0) is 27.8 Å². The molecule has 10 heteroatoms. The van der Waals surface area contributed by atoms with E-state index in [0.717, 1.165) is 11.3 Å². The van der Waals surface area contributed by atoms with E-state index >= 15 is 0 Å². The normalized spacial score (nSPS) is 13.1. The zero-order chi connectivity index (χ0) is 26.3. The third-order valence-corrected chi connectivity index (χ3v) is 8.35. The number of sulfonamides is 1. The van der Waals surface area contributed by atoms with Crippen molar-refractivity contribution in [3.05, 3.63) is 98.2 Å². The standard InChI is InChI=1S/C27H26N4O5S/c1-17-6-5-7-18(2)25(17)37(35,36)29-20-10-11-22-19(16-20)12-14-30(22)24(32)13-15-31-23-9-4-3-8-21(23)26(33)28-27(31)34/h3-11,16,29H,12-15H2,1-2H3,(H,28,33,34). The van der Waals surface area contributed by atoms with Crippen molar-refractivity contribution in [1.29, 1.82) is 0 Å². The first-order valence-corrected chi connectivity index (χ1v) is 13.4. The molecule has 0 aliphatic carbocycles. The Hall–Kier alpha value is -4.18. The highest BCUT2D eigenvalue weighted by atomic mass is 32.2. The Balaban J connectivity index is 1.34. The molecule has 2 heterocycles. The largest absolute Gasteiger partial charge is 0.328 e. The number of nitrogens with one attached hydrogen (secondary N) is 2. The average Bonchev–Trinajstić information content (AvgIpc) is 3.26. The molecule has 1 aromatic heterocycles. The zero-order valence-corrected chi connectivity index (χ0v) is 21.3. The van der Waals surface area contributed by atoms with Gasteiger partial charge in [0.1, 0.15) is 0 Å². The summed E-state index contributed by atoms with van der Waals surface area (Å²) in [7, 11) is -3.77. The summed E-state index contributed by atoms with van der Waals surface area (Å²) in [5.41, 5.74) is 2.81. The van der Waals surface area contributed by atoms with Crippen molar-refractivity contribution in [1.82, 2.24) is 9.55 Å². The molecule has 190 valence electrons. The molecule has 37 heavy (non-hydrogen) atoms. The molecule has 0 bridgehead atoms. The van der Waals surface area contributed by atoms with Crippen LogP contribution >= 0.6 is 0 Å². The summed E-state index contributed by atoms with van der Waals surface area (Å²) in [6.45, 7) is 4.10. The topological polar surface area (TPSA) is 121 Å². The second-order valence-corrected chi connectivity index (χ2v) is 10.8. The predicted molar refractivity (Wildman–Crippen MR) is 143 cm³/mol. The SMILES string of the molecule is Cc1cccc(C)c1S(=O)(=O)Nc1ccc2c(c1)CCN2C(=O)CCn1c(=O)[nH]c(=O)c2ccccc21. The summed E-state index contributed by atoms with van der Waals surface area (Å²) in [5.74, 6) is -0.162. The van der Waals surface area contributed by atoms with Crippen LogP contribution in [0.2, 0.25) is 0 Å². The van der Waals surface area contributed by atoms with Gasteiger partial charge in [0.05, 0.1) is 15.8 Å². The highest BCUT2D eigenvalue weighted by molar-refractivity contribution is 7.92. The minimum absolute atomic E-state index is 0.0658. The van der Waals surface area contributed by atoms with Crippen LogP contribution in [0.3, 0.4) is 0 Å². The molecule has 1 amide bonds. The van der Waals surface area contributed by atoms with Gasteiger partial charge in [-0.15, -0.1) is 0 Å². The van der Waals surface area contributed by atoms with Crippen LogP contribution in [0.25, 0.3) is 10.9 Å². The van der Waals surface area contributed by atoms with E-state index in [-0.39, 0.29) is 23.8 Å². The van der Waals surface area contributed by atoms with Crippen LogP contribution in [-0.4, -0.2) is 30.4 Å². The van der Waals surface area contributed by atoms with Gasteiger partial charge >= 0.3 is 5.69 Å². The summed E-state index contributed by atoms with van der Waals surface area (Å²) in [5, 5.41) is 0.386. The lowest BCUT2D eigenvalue weighted by atomic mass is 10.1. The van der Waals surface area contributed by atoms with Gasteiger partial charge in [-0.05, 0) is 67.3 Å². The van der Waals surface area contributed by atoms with Gasteiger partial charge in [0.2, 0.25) is 5.91 Å². The van der Waals surface area contributed by atoms with Crippen molar-refractivity contribution in [2.75, 3.05) is 16.2 Å². The summed E-state index contributed by atoms with van der Waals surface area (Å²) in [6.07, 6.45) is 0.651.